The number of nitrogens with zero attached hydrogens (tertiary/aromatic N) is 2. The molecule has 2 rings (SSSR count). The van der Waals surface area contributed by atoms with Crippen LogP contribution < -0.4 is 11.5 Å². The van der Waals surface area contributed by atoms with Crippen LogP contribution in [0.1, 0.15) is 29.4 Å². The summed E-state index contributed by atoms with van der Waals surface area (Å²) >= 11 is 0. The Kier molecular flexibility index (Phi) is 3.32. The molecule has 0 bridgehead atoms. The van der Waals surface area contributed by atoms with E-state index in [1.54, 1.807) is 4.68 Å². The first-order valence-electron chi connectivity index (χ1n) is 5.87. The number of hydrogen-bond donors (Lipinski definition) is 2. The number of nitrogen functional groups attached to an aromatic ring is 1. The fourth-order valence-electron chi connectivity index (χ4n) is 1.92. The van der Waals surface area contributed by atoms with E-state index >= 15 is 0 Å². The molecule has 0 saturated carbocycles. The zero-order chi connectivity index (χ0) is 13.1. The van der Waals surface area contributed by atoms with Crippen molar-refractivity contribution in [2.24, 2.45) is 5.73 Å². The number of para-hydroxylation sites is 1. The molecule has 18 heavy (non-hydrogen) atoms. The fourth-order valence-corrected chi connectivity index (χ4v) is 1.92. The Morgan fingerprint density at radius 3 is 2.56 bits per heavy atom. The van der Waals surface area contributed by atoms with Crippen molar-refractivity contribution in [2.75, 3.05) is 5.73 Å². The van der Waals surface area contributed by atoms with Crippen LogP contribution in [0.4, 0.5) is 5.82 Å². The van der Waals surface area contributed by atoms with Gasteiger partial charge < -0.3 is 11.5 Å². The number of hydrogen-bond acceptors (Lipinski definition) is 3. The summed E-state index contributed by atoms with van der Waals surface area (Å²) in [4.78, 5) is 11.5. The van der Waals surface area contributed by atoms with E-state index in [9.17, 15) is 4.79 Å². The summed E-state index contributed by atoms with van der Waals surface area (Å²) in [5, 5.41) is 4.38. The maximum atomic E-state index is 11.5. The zero-order valence-corrected chi connectivity index (χ0v) is 10.3. The van der Waals surface area contributed by atoms with E-state index in [0.29, 0.717) is 23.5 Å². The van der Waals surface area contributed by atoms with Gasteiger partial charge in [-0.1, -0.05) is 31.5 Å². The van der Waals surface area contributed by atoms with E-state index in [4.69, 9.17) is 11.5 Å². The highest BCUT2D eigenvalue weighted by molar-refractivity contribution is 5.98. The number of anilines is 1. The van der Waals surface area contributed by atoms with Crippen LogP contribution in [-0.4, -0.2) is 15.7 Å². The van der Waals surface area contributed by atoms with Crippen LogP contribution in [-0.2, 0) is 6.42 Å². The molecule has 94 valence electrons. The van der Waals surface area contributed by atoms with Crippen molar-refractivity contribution in [1.29, 1.82) is 0 Å². The van der Waals surface area contributed by atoms with E-state index in [-0.39, 0.29) is 0 Å². The lowest BCUT2D eigenvalue weighted by Gasteiger charge is -2.03. The number of aryl methyl sites for hydroxylation is 1. The molecule has 0 aliphatic rings. The molecule has 0 spiro atoms. The number of rotatable bonds is 4. The maximum absolute atomic E-state index is 11.5. The fraction of sp³-hybridized carbons (Fsp3) is 0.231. The number of amides is 1. The number of carbonyl (C=O) groups is 1. The summed E-state index contributed by atoms with van der Waals surface area (Å²) in [6.07, 6.45) is 1.56. The van der Waals surface area contributed by atoms with E-state index in [1.165, 1.54) is 0 Å². The molecule has 0 saturated heterocycles. The van der Waals surface area contributed by atoms with Gasteiger partial charge in [0.2, 0.25) is 0 Å². The first-order valence-corrected chi connectivity index (χ1v) is 5.87. The van der Waals surface area contributed by atoms with E-state index < -0.39 is 5.91 Å². The molecule has 0 fully saturated rings. The summed E-state index contributed by atoms with van der Waals surface area (Å²) in [5.74, 6) is -0.227. The molecule has 4 N–H and O–H groups in total. The third-order valence-corrected chi connectivity index (χ3v) is 2.73. The molecule has 1 aromatic heterocycles. The third-order valence-electron chi connectivity index (χ3n) is 2.73. The predicted molar refractivity (Wildman–Crippen MR) is 70.5 cm³/mol. The van der Waals surface area contributed by atoms with Gasteiger partial charge in [0.15, 0.2) is 0 Å². The van der Waals surface area contributed by atoms with Crippen molar-refractivity contribution in [1.82, 2.24) is 9.78 Å². The van der Waals surface area contributed by atoms with Gasteiger partial charge in [0.05, 0.1) is 11.4 Å². The van der Waals surface area contributed by atoms with E-state index in [1.807, 2.05) is 37.3 Å². The lowest BCUT2D eigenvalue weighted by molar-refractivity contribution is 0.100. The van der Waals surface area contributed by atoms with Crippen molar-refractivity contribution in [2.45, 2.75) is 19.8 Å². The van der Waals surface area contributed by atoms with Gasteiger partial charge in [-0.15, -0.1) is 0 Å². The predicted octanol–water partition coefficient (Wildman–Crippen LogP) is 1.51. The van der Waals surface area contributed by atoms with Crippen LogP contribution >= 0.6 is 0 Å². The third kappa shape index (κ3) is 2.07. The van der Waals surface area contributed by atoms with Gasteiger partial charge in [0.25, 0.3) is 5.91 Å². The van der Waals surface area contributed by atoms with E-state index in [0.717, 1.165) is 12.1 Å². The minimum absolute atomic E-state index is 0.303. The monoisotopic (exact) mass is 244 g/mol. The van der Waals surface area contributed by atoms with Crippen molar-refractivity contribution in [3.8, 4) is 5.69 Å². The molecule has 0 aliphatic heterocycles. The van der Waals surface area contributed by atoms with Gasteiger partial charge in [-0.2, -0.15) is 5.10 Å². The van der Waals surface area contributed by atoms with Gasteiger partial charge >= 0.3 is 0 Å². The molecule has 5 heteroatoms. The normalized spacial score (nSPS) is 10.5. The van der Waals surface area contributed by atoms with Gasteiger partial charge in [0.1, 0.15) is 11.4 Å². The Balaban J connectivity index is 2.57. The second-order valence-electron chi connectivity index (χ2n) is 4.07. The van der Waals surface area contributed by atoms with Gasteiger partial charge in [0, 0.05) is 0 Å². The molecule has 0 atom stereocenters. The van der Waals surface area contributed by atoms with Crippen molar-refractivity contribution in [3.63, 3.8) is 0 Å². The maximum Gasteiger partial charge on any atom is 0.254 e. The number of aromatic nitrogens is 2. The van der Waals surface area contributed by atoms with Gasteiger partial charge in [-0.3, -0.25) is 4.79 Å². The smallest absolute Gasteiger partial charge is 0.254 e. The zero-order valence-electron chi connectivity index (χ0n) is 10.3. The van der Waals surface area contributed by atoms with Crippen molar-refractivity contribution in [3.05, 3.63) is 41.6 Å². The van der Waals surface area contributed by atoms with Crippen LogP contribution in [0.3, 0.4) is 0 Å². The summed E-state index contributed by atoms with van der Waals surface area (Å²) in [7, 11) is 0. The Morgan fingerprint density at radius 1 is 1.33 bits per heavy atom. The molecular weight excluding hydrogens is 228 g/mol. The average Bonchev–Trinajstić information content (AvgIpc) is 2.68. The molecule has 2 aromatic rings. The number of benzene rings is 1. The lowest BCUT2D eigenvalue weighted by Crippen LogP contribution is -2.15. The first-order chi connectivity index (χ1) is 8.65. The Bertz CT molecular complexity index is 560. The summed E-state index contributed by atoms with van der Waals surface area (Å²) in [6, 6.07) is 9.44. The SMILES string of the molecule is CCCc1nn(-c2ccccc2)c(N)c1C(N)=O. The average molecular weight is 244 g/mol. The molecule has 1 amide bonds. The number of carbonyl (C=O) groups excluding carboxylic acids is 1. The molecule has 0 radical (unpaired) electrons. The summed E-state index contributed by atoms with van der Waals surface area (Å²) in [6.45, 7) is 2.02. The highest BCUT2D eigenvalue weighted by Gasteiger charge is 2.19. The Morgan fingerprint density at radius 2 is 2.00 bits per heavy atom. The van der Waals surface area contributed by atoms with Crippen LogP contribution in [0.15, 0.2) is 30.3 Å². The van der Waals surface area contributed by atoms with Crippen LogP contribution in [0.2, 0.25) is 0 Å². The first kappa shape index (κ1) is 12.2. The molecule has 0 unspecified atom stereocenters. The quantitative estimate of drug-likeness (QED) is 0.854. The Hall–Kier alpha value is -2.30. The second kappa shape index (κ2) is 4.91. The highest BCUT2D eigenvalue weighted by atomic mass is 16.1. The molecule has 1 aromatic carbocycles. The molecule has 0 aliphatic carbocycles. The van der Waals surface area contributed by atoms with E-state index in [2.05, 4.69) is 5.10 Å². The Labute approximate surface area is 105 Å². The number of nitrogens with two attached hydrogens (primary N) is 2. The van der Waals surface area contributed by atoms with Crippen molar-refractivity contribution >= 4 is 11.7 Å². The van der Waals surface area contributed by atoms with Crippen LogP contribution in [0.5, 0.6) is 0 Å². The van der Waals surface area contributed by atoms with Crippen molar-refractivity contribution < 1.29 is 4.79 Å². The lowest BCUT2D eigenvalue weighted by atomic mass is 10.1. The highest BCUT2D eigenvalue weighted by Crippen LogP contribution is 2.21. The molecule has 5 nitrogen and oxygen atoms in total. The number of primary amides is 1. The van der Waals surface area contributed by atoms with Gasteiger partial charge in [-0.05, 0) is 18.6 Å². The van der Waals surface area contributed by atoms with Crippen LogP contribution in [0.25, 0.3) is 5.69 Å². The summed E-state index contributed by atoms with van der Waals surface area (Å²) in [5.41, 5.74) is 13.1. The molecule has 1 heterocycles. The summed E-state index contributed by atoms with van der Waals surface area (Å²) < 4.78 is 1.56. The standard InChI is InChI=1S/C13H16N4O/c1-2-6-10-11(13(15)18)12(14)17(16-10)9-7-4-3-5-8-9/h3-5,7-8H,2,6,14H2,1H3,(H2,15,18). The minimum Gasteiger partial charge on any atom is -0.383 e. The van der Waals surface area contributed by atoms with Crippen LogP contribution in [0, 0.1) is 0 Å². The molecular formula is C13H16N4O. The minimum atomic E-state index is -0.530. The van der Waals surface area contributed by atoms with Gasteiger partial charge in [-0.25, -0.2) is 4.68 Å². The topological polar surface area (TPSA) is 86.9 Å². The largest absolute Gasteiger partial charge is 0.383 e. The second-order valence-corrected chi connectivity index (χ2v) is 4.07.